The van der Waals surface area contributed by atoms with Crippen molar-refractivity contribution in [2.45, 2.75) is 6.54 Å². The number of aryl methyl sites for hydroxylation is 1. The fourth-order valence-corrected chi connectivity index (χ4v) is 2.97. The molecular weight excluding hydrogens is 370 g/mol. The van der Waals surface area contributed by atoms with Crippen molar-refractivity contribution in [3.63, 3.8) is 0 Å². The topological polar surface area (TPSA) is 95.1 Å². The van der Waals surface area contributed by atoms with Crippen LogP contribution in [0, 0.1) is 0 Å². The van der Waals surface area contributed by atoms with Crippen molar-refractivity contribution in [3.05, 3.63) is 72.5 Å². The van der Waals surface area contributed by atoms with Gasteiger partial charge in [0, 0.05) is 25.0 Å². The average molecular weight is 389 g/mol. The van der Waals surface area contributed by atoms with Crippen molar-refractivity contribution in [3.8, 4) is 28.5 Å². The molecule has 0 fully saturated rings. The number of carbonyl (C=O) groups is 1. The van der Waals surface area contributed by atoms with E-state index in [0.717, 1.165) is 11.3 Å². The van der Waals surface area contributed by atoms with E-state index in [-0.39, 0.29) is 12.5 Å². The number of ether oxygens (including phenoxy) is 1. The van der Waals surface area contributed by atoms with E-state index in [0.29, 0.717) is 28.5 Å². The molecule has 3 heterocycles. The van der Waals surface area contributed by atoms with Crippen molar-refractivity contribution in [1.82, 2.24) is 25.1 Å². The molecule has 29 heavy (non-hydrogen) atoms. The predicted octanol–water partition coefficient (Wildman–Crippen LogP) is 3.08. The minimum absolute atomic E-state index is 0.211. The zero-order valence-electron chi connectivity index (χ0n) is 16.0. The molecule has 1 aromatic carbocycles. The Hall–Kier alpha value is -3.94. The van der Waals surface area contributed by atoms with Gasteiger partial charge in [0.2, 0.25) is 0 Å². The summed E-state index contributed by atoms with van der Waals surface area (Å²) in [5.74, 6) is 1.07. The lowest BCUT2D eigenvalue weighted by Gasteiger charge is -2.07. The molecule has 0 saturated carbocycles. The molecule has 1 amide bonds. The molecule has 146 valence electrons. The molecule has 0 spiro atoms. The average Bonchev–Trinajstić information content (AvgIpc) is 3.42. The second kappa shape index (κ2) is 7.97. The van der Waals surface area contributed by atoms with Gasteiger partial charge in [-0.05, 0) is 30.3 Å². The third-order valence-corrected chi connectivity index (χ3v) is 4.42. The molecule has 0 aliphatic heterocycles. The van der Waals surface area contributed by atoms with Gasteiger partial charge in [0.25, 0.3) is 5.91 Å². The van der Waals surface area contributed by atoms with Gasteiger partial charge >= 0.3 is 0 Å². The molecule has 0 atom stereocenters. The number of aromatic nitrogens is 4. The van der Waals surface area contributed by atoms with E-state index in [2.05, 4.69) is 20.4 Å². The molecule has 0 bridgehead atoms. The third-order valence-electron chi connectivity index (χ3n) is 4.42. The highest BCUT2D eigenvalue weighted by Crippen LogP contribution is 2.24. The summed E-state index contributed by atoms with van der Waals surface area (Å²) in [6, 6.07) is 12.9. The van der Waals surface area contributed by atoms with Gasteiger partial charge in [-0.3, -0.25) is 14.5 Å². The molecule has 3 aromatic heterocycles. The summed E-state index contributed by atoms with van der Waals surface area (Å²) >= 11 is 0. The van der Waals surface area contributed by atoms with Gasteiger partial charge in [0.1, 0.15) is 17.1 Å². The third kappa shape index (κ3) is 3.86. The van der Waals surface area contributed by atoms with Crippen LogP contribution in [0.3, 0.4) is 0 Å². The Balaban J connectivity index is 1.52. The van der Waals surface area contributed by atoms with Crippen LogP contribution in [-0.4, -0.2) is 32.8 Å². The van der Waals surface area contributed by atoms with Gasteiger partial charge in [-0.15, -0.1) is 0 Å². The Morgan fingerprint density at radius 3 is 2.83 bits per heavy atom. The normalized spacial score (nSPS) is 10.7. The summed E-state index contributed by atoms with van der Waals surface area (Å²) in [6.07, 6.45) is 4.74. The monoisotopic (exact) mass is 389 g/mol. The summed E-state index contributed by atoms with van der Waals surface area (Å²) in [6.45, 7) is 0.211. The first-order valence-electron chi connectivity index (χ1n) is 8.96. The van der Waals surface area contributed by atoms with Gasteiger partial charge in [-0.25, -0.2) is 4.98 Å². The quantitative estimate of drug-likeness (QED) is 0.545. The van der Waals surface area contributed by atoms with E-state index in [9.17, 15) is 4.79 Å². The number of amides is 1. The lowest BCUT2D eigenvalue weighted by molar-refractivity contribution is 0.0941. The maximum absolute atomic E-state index is 12.7. The minimum Gasteiger partial charge on any atom is -0.497 e. The fourth-order valence-electron chi connectivity index (χ4n) is 2.97. The van der Waals surface area contributed by atoms with Crippen molar-refractivity contribution < 1.29 is 13.9 Å². The fraction of sp³-hybridized carbons (Fsp3) is 0.143. The number of rotatable bonds is 6. The number of methoxy groups -OCH3 is 1. The Bertz CT molecular complexity index is 1130. The van der Waals surface area contributed by atoms with Crippen molar-refractivity contribution in [2.24, 2.45) is 7.05 Å². The van der Waals surface area contributed by atoms with Crippen LogP contribution < -0.4 is 10.1 Å². The number of furan rings is 1. The molecule has 0 aliphatic carbocycles. The second-order valence-corrected chi connectivity index (χ2v) is 6.28. The zero-order valence-corrected chi connectivity index (χ0v) is 16.0. The number of hydrogen-bond donors (Lipinski definition) is 1. The van der Waals surface area contributed by atoms with E-state index in [1.807, 2.05) is 24.3 Å². The highest BCUT2D eigenvalue weighted by molar-refractivity contribution is 5.93. The van der Waals surface area contributed by atoms with Crippen LogP contribution in [0.25, 0.3) is 22.7 Å². The van der Waals surface area contributed by atoms with E-state index < -0.39 is 0 Å². The summed E-state index contributed by atoms with van der Waals surface area (Å²) in [4.78, 5) is 21.4. The molecule has 4 rings (SSSR count). The number of benzene rings is 1. The SMILES string of the molecule is COc1cccc(-c2cc(C(=O)NCc3nccnc3-c3ccco3)n(C)n2)c1. The van der Waals surface area contributed by atoms with Gasteiger partial charge in [-0.2, -0.15) is 5.10 Å². The summed E-state index contributed by atoms with van der Waals surface area (Å²) in [5.41, 5.74) is 3.21. The van der Waals surface area contributed by atoms with E-state index in [1.165, 1.54) is 0 Å². The molecule has 0 radical (unpaired) electrons. The smallest absolute Gasteiger partial charge is 0.269 e. The van der Waals surface area contributed by atoms with Crippen LogP contribution in [0.5, 0.6) is 5.75 Å². The van der Waals surface area contributed by atoms with Crippen LogP contribution in [0.2, 0.25) is 0 Å². The molecule has 4 aromatic rings. The molecular formula is C21H19N5O3. The Labute approximate surface area is 167 Å². The number of nitrogens with zero attached hydrogens (tertiary/aromatic N) is 4. The molecule has 0 unspecified atom stereocenters. The van der Waals surface area contributed by atoms with E-state index in [4.69, 9.17) is 9.15 Å². The summed E-state index contributed by atoms with van der Waals surface area (Å²) in [5, 5.41) is 7.33. The van der Waals surface area contributed by atoms with Gasteiger partial charge in [0.15, 0.2) is 5.76 Å². The van der Waals surface area contributed by atoms with Crippen molar-refractivity contribution in [2.75, 3.05) is 7.11 Å². The Morgan fingerprint density at radius 2 is 2.03 bits per heavy atom. The second-order valence-electron chi connectivity index (χ2n) is 6.28. The van der Waals surface area contributed by atoms with Crippen LogP contribution in [0.4, 0.5) is 0 Å². The molecule has 0 saturated heterocycles. The Kier molecular flexibility index (Phi) is 5.07. The van der Waals surface area contributed by atoms with Gasteiger partial charge in [0.05, 0.1) is 31.3 Å². The van der Waals surface area contributed by atoms with Crippen LogP contribution in [0.1, 0.15) is 16.2 Å². The highest BCUT2D eigenvalue weighted by Gasteiger charge is 2.16. The first-order chi connectivity index (χ1) is 14.2. The van der Waals surface area contributed by atoms with E-state index >= 15 is 0 Å². The lowest BCUT2D eigenvalue weighted by atomic mass is 10.1. The lowest BCUT2D eigenvalue weighted by Crippen LogP contribution is -2.26. The van der Waals surface area contributed by atoms with Gasteiger partial charge < -0.3 is 14.5 Å². The molecule has 0 aliphatic rings. The number of hydrogen-bond acceptors (Lipinski definition) is 6. The van der Waals surface area contributed by atoms with Crippen LogP contribution >= 0.6 is 0 Å². The van der Waals surface area contributed by atoms with Gasteiger partial charge in [-0.1, -0.05) is 12.1 Å². The molecule has 8 nitrogen and oxygen atoms in total. The standard InChI is InChI=1S/C21H19N5O3/c1-26-18(12-16(25-26)14-5-3-6-15(11-14)28-2)21(27)24-13-17-20(23-9-8-22-17)19-7-4-10-29-19/h3-12H,13H2,1-2H3,(H,24,27). The summed E-state index contributed by atoms with van der Waals surface area (Å²) < 4.78 is 12.2. The van der Waals surface area contributed by atoms with Crippen molar-refractivity contribution >= 4 is 5.91 Å². The Morgan fingerprint density at radius 1 is 1.17 bits per heavy atom. The summed E-state index contributed by atoms with van der Waals surface area (Å²) in [7, 11) is 3.34. The van der Waals surface area contributed by atoms with E-state index in [1.54, 1.807) is 55.7 Å². The highest BCUT2D eigenvalue weighted by atomic mass is 16.5. The first-order valence-corrected chi connectivity index (χ1v) is 8.96. The molecule has 1 N–H and O–H groups in total. The maximum Gasteiger partial charge on any atom is 0.269 e. The predicted molar refractivity (Wildman–Crippen MR) is 106 cm³/mol. The van der Waals surface area contributed by atoms with Crippen molar-refractivity contribution in [1.29, 1.82) is 0 Å². The zero-order chi connectivity index (χ0) is 20.2. The number of nitrogens with one attached hydrogen (secondary N) is 1. The number of carbonyl (C=O) groups excluding carboxylic acids is 1. The maximum atomic E-state index is 12.7. The minimum atomic E-state index is -0.259. The largest absolute Gasteiger partial charge is 0.497 e. The van der Waals surface area contributed by atoms with Crippen LogP contribution in [0.15, 0.2) is 65.5 Å². The first kappa shape index (κ1) is 18.4. The molecule has 8 heteroatoms. The van der Waals surface area contributed by atoms with Crippen LogP contribution in [-0.2, 0) is 13.6 Å².